The quantitative estimate of drug-likeness (QED) is 0.594. The van der Waals surface area contributed by atoms with Crippen molar-refractivity contribution in [3.63, 3.8) is 0 Å². The van der Waals surface area contributed by atoms with Crippen LogP contribution >= 0.6 is 0 Å². The third-order valence-electron chi connectivity index (χ3n) is 4.17. The van der Waals surface area contributed by atoms with E-state index in [0.717, 1.165) is 28.7 Å². The van der Waals surface area contributed by atoms with Gasteiger partial charge >= 0.3 is 0 Å². The molecule has 0 bridgehead atoms. The van der Waals surface area contributed by atoms with Gasteiger partial charge in [0, 0.05) is 12.6 Å². The van der Waals surface area contributed by atoms with Gasteiger partial charge in [-0.1, -0.05) is 48.6 Å². The fraction of sp³-hybridized carbons (Fsp3) is 0.100. The summed E-state index contributed by atoms with van der Waals surface area (Å²) in [5.74, 6) is 0. The second kappa shape index (κ2) is 5.36. The van der Waals surface area contributed by atoms with Crippen LogP contribution in [-0.4, -0.2) is 15.2 Å². The third-order valence-corrected chi connectivity index (χ3v) is 4.17. The number of hydrogen-bond donors (Lipinski definition) is 1. The van der Waals surface area contributed by atoms with Crippen LogP contribution in [0.3, 0.4) is 0 Å². The lowest BCUT2D eigenvalue weighted by atomic mass is 9.97. The van der Waals surface area contributed by atoms with E-state index in [-0.39, 0.29) is 0 Å². The number of benzene rings is 2. The number of nitrogens with zero attached hydrogens (tertiary/aromatic N) is 2. The number of aromatic nitrogens is 3. The van der Waals surface area contributed by atoms with Gasteiger partial charge in [-0.2, -0.15) is 5.10 Å². The van der Waals surface area contributed by atoms with Gasteiger partial charge < -0.3 is 0 Å². The number of hydrogen-bond acceptors (Lipinski definition) is 2. The average molecular weight is 299 g/mol. The summed E-state index contributed by atoms with van der Waals surface area (Å²) in [4.78, 5) is 4.43. The van der Waals surface area contributed by atoms with E-state index in [2.05, 4.69) is 58.2 Å². The Balaban J connectivity index is 1.77. The van der Waals surface area contributed by atoms with Gasteiger partial charge in [0.2, 0.25) is 0 Å². The van der Waals surface area contributed by atoms with Gasteiger partial charge in [-0.15, -0.1) is 0 Å². The van der Waals surface area contributed by atoms with Crippen LogP contribution in [0.1, 0.15) is 23.7 Å². The molecule has 0 atom stereocenters. The van der Waals surface area contributed by atoms with Crippen molar-refractivity contribution in [3.05, 3.63) is 78.1 Å². The lowest BCUT2D eigenvalue weighted by Crippen LogP contribution is -1.91. The summed E-state index contributed by atoms with van der Waals surface area (Å²) < 4.78 is 0. The molecule has 4 rings (SSSR count). The number of H-pyrrole nitrogens is 1. The molecule has 23 heavy (non-hydrogen) atoms. The molecule has 0 aliphatic rings. The predicted molar refractivity (Wildman–Crippen MR) is 95.4 cm³/mol. The SMILES string of the molecule is C=C(C)c1cccc2cc(Cc3[nH]nc4cccnc34)ccc12. The summed E-state index contributed by atoms with van der Waals surface area (Å²) >= 11 is 0. The maximum atomic E-state index is 4.43. The molecule has 0 aliphatic heterocycles. The zero-order valence-corrected chi connectivity index (χ0v) is 13.0. The standard InChI is InChI=1S/C20H17N3/c1-13(2)16-6-3-5-15-11-14(8-9-17(15)16)12-19-20-18(22-23-19)7-4-10-21-20/h3-11H,1,12H2,2H3,(H,22,23). The first kappa shape index (κ1) is 13.7. The molecule has 0 saturated carbocycles. The lowest BCUT2D eigenvalue weighted by Gasteiger charge is -2.08. The van der Waals surface area contributed by atoms with Crippen molar-refractivity contribution >= 4 is 27.4 Å². The minimum absolute atomic E-state index is 0.792. The van der Waals surface area contributed by atoms with E-state index < -0.39 is 0 Å². The van der Waals surface area contributed by atoms with Crippen molar-refractivity contribution in [3.8, 4) is 0 Å². The predicted octanol–water partition coefficient (Wildman–Crippen LogP) is 4.74. The highest BCUT2D eigenvalue weighted by atomic mass is 15.1. The highest BCUT2D eigenvalue weighted by molar-refractivity contribution is 5.93. The second-order valence-electron chi connectivity index (χ2n) is 5.89. The fourth-order valence-corrected chi connectivity index (χ4v) is 3.04. The Hall–Kier alpha value is -2.94. The van der Waals surface area contributed by atoms with Gasteiger partial charge in [-0.3, -0.25) is 10.1 Å². The second-order valence-corrected chi connectivity index (χ2v) is 5.89. The lowest BCUT2D eigenvalue weighted by molar-refractivity contribution is 1.01. The molecule has 0 amide bonds. The highest BCUT2D eigenvalue weighted by Gasteiger charge is 2.08. The zero-order chi connectivity index (χ0) is 15.8. The van der Waals surface area contributed by atoms with E-state index in [1.165, 1.54) is 21.9 Å². The summed E-state index contributed by atoms with van der Waals surface area (Å²) in [5, 5.41) is 9.91. The van der Waals surface area contributed by atoms with E-state index >= 15 is 0 Å². The van der Waals surface area contributed by atoms with Gasteiger partial charge in [0.05, 0.1) is 5.69 Å². The molecule has 4 aromatic rings. The summed E-state index contributed by atoms with van der Waals surface area (Å²) in [6.45, 7) is 6.12. The van der Waals surface area contributed by atoms with Gasteiger partial charge in [-0.25, -0.2) is 0 Å². The molecule has 3 nitrogen and oxygen atoms in total. The highest BCUT2D eigenvalue weighted by Crippen LogP contribution is 2.26. The first-order chi connectivity index (χ1) is 11.2. The van der Waals surface area contributed by atoms with Crippen molar-refractivity contribution in [1.82, 2.24) is 15.2 Å². The van der Waals surface area contributed by atoms with Crippen LogP contribution in [0.4, 0.5) is 0 Å². The molecule has 2 aromatic heterocycles. The Labute approximate surface area is 134 Å². The summed E-state index contributed by atoms with van der Waals surface area (Å²) in [6.07, 6.45) is 2.60. The molecule has 2 heterocycles. The molecular weight excluding hydrogens is 282 g/mol. The van der Waals surface area contributed by atoms with Gasteiger partial charge in [0.25, 0.3) is 0 Å². The normalized spacial score (nSPS) is 11.2. The van der Waals surface area contributed by atoms with Crippen LogP contribution in [0, 0.1) is 0 Å². The van der Waals surface area contributed by atoms with Gasteiger partial charge in [0.1, 0.15) is 11.0 Å². The first-order valence-corrected chi connectivity index (χ1v) is 7.68. The Morgan fingerprint density at radius 3 is 2.91 bits per heavy atom. The zero-order valence-electron chi connectivity index (χ0n) is 13.0. The number of fused-ring (bicyclic) bond motifs is 2. The van der Waals surface area contributed by atoms with Crippen LogP contribution in [0.15, 0.2) is 61.3 Å². The third kappa shape index (κ3) is 2.40. The number of allylic oxidation sites excluding steroid dienone is 1. The average Bonchev–Trinajstić information content (AvgIpc) is 2.97. The summed E-state index contributed by atoms with van der Waals surface area (Å²) in [7, 11) is 0. The van der Waals surface area contributed by atoms with Crippen molar-refractivity contribution in [2.24, 2.45) is 0 Å². The van der Waals surface area contributed by atoms with E-state index in [9.17, 15) is 0 Å². The van der Waals surface area contributed by atoms with Crippen LogP contribution in [0.25, 0.3) is 27.4 Å². The van der Waals surface area contributed by atoms with Crippen molar-refractivity contribution < 1.29 is 0 Å². The smallest absolute Gasteiger partial charge is 0.112 e. The minimum Gasteiger partial charge on any atom is -0.279 e. The molecule has 0 fully saturated rings. The molecule has 0 unspecified atom stereocenters. The Morgan fingerprint density at radius 2 is 2.04 bits per heavy atom. The molecule has 2 aromatic carbocycles. The van der Waals surface area contributed by atoms with Crippen LogP contribution < -0.4 is 0 Å². The van der Waals surface area contributed by atoms with Crippen molar-refractivity contribution in [1.29, 1.82) is 0 Å². The van der Waals surface area contributed by atoms with E-state index in [1.54, 1.807) is 6.20 Å². The largest absolute Gasteiger partial charge is 0.279 e. The van der Waals surface area contributed by atoms with Gasteiger partial charge in [-0.05, 0) is 41.0 Å². The van der Waals surface area contributed by atoms with E-state index in [1.807, 2.05) is 19.1 Å². The number of nitrogens with one attached hydrogen (secondary N) is 1. The maximum absolute atomic E-state index is 4.43. The molecule has 112 valence electrons. The number of pyridine rings is 1. The Kier molecular flexibility index (Phi) is 3.19. The topological polar surface area (TPSA) is 41.6 Å². The summed E-state index contributed by atoms with van der Waals surface area (Å²) in [5.41, 5.74) is 6.45. The monoisotopic (exact) mass is 299 g/mol. The molecule has 0 saturated heterocycles. The number of rotatable bonds is 3. The van der Waals surface area contributed by atoms with Crippen LogP contribution in [-0.2, 0) is 6.42 Å². The maximum Gasteiger partial charge on any atom is 0.112 e. The van der Waals surface area contributed by atoms with Crippen molar-refractivity contribution in [2.45, 2.75) is 13.3 Å². The number of aromatic amines is 1. The Bertz CT molecular complexity index is 1030. The minimum atomic E-state index is 0.792. The van der Waals surface area contributed by atoms with E-state index in [0.29, 0.717) is 0 Å². The van der Waals surface area contributed by atoms with Crippen LogP contribution in [0.5, 0.6) is 0 Å². The molecule has 0 aliphatic carbocycles. The summed E-state index contributed by atoms with van der Waals surface area (Å²) in [6, 6.07) is 16.8. The van der Waals surface area contributed by atoms with Crippen molar-refractivity contribution in [2.75, 3.05) is 0 Å². The van der Waals surface area contributed by atoms with Gasteiger partial charge in [0.15, 0.2) is 0 Å². The van der Waals surface area contributed by atoms with E-state index in [4.69, 9.17) is 0 Å². The molecule has 3 heteroatoms. The molecule has 0 radical (unpaired) electrons. The molecular formula is C20H17N3. The molecule has 0 spiro atoms. The first-order valence-electron chi connectivity index (χ1n) is 7.68. The fourth-order valence-electron chi connectivity index (χ4n) is 3.04. The van der Waals surface area contributed by atoms with Crippen LogP contribution in [0.2, 0.25) is 0 Å². The molecule has 1 N–H and O–H groups in total. The Morgan fingerprint density at radius 1 is 1.13 bits per heavy atom.